The highest BCUT2D eigenvalue weighted by Gasteiger charge is 2.11. The molecule has 0 aliphatic heterocycles. The lowest BCUT2D eigenvalue weighted by Crippen LogP contribution is -2.15. The number of rotatable bonds is 7. The van der Waals surface area contributed by atoms with Crippen LogP contribution in [0.2, 0.25) is 0 Å². The second kappa shape index (κ2) is 8.80. The van der Waals surface area contributed by atoms with Gasteiger partial charge in [0.05, 0.1) is 12.8 Å². The quantitative estimate of drug-likeness (QED) is 0.661. The summed E-state index contributed by atoms with van der Waals surface area (Å²) in [4.78, 5) is 16.6. The molecule has 2 aromatic carbocycles. The zero-order chi connectivity index (χ0) is 19.1. The number of aromatic nitrogens is 1. The van der Waals surface area contributed by atoms with Crippen molar-refractivity contribution in [3.8, 4) is 5.75 Å². The number of ether oxygens (including phenoxy) is 1. The number of carbonyl (C=O) groups excluding carboxylic acids is 1. The Kier molecular flexibility index (Phi) is 5.99. The summed E-state index contributed by atoms with van der Waals surface area (Å²) in [6.07, 6.45) is 2.32. The van der Waals surface area contributed by atoms with Crippen molar-refractivity contribution in [1.29, 1.82) is 0 Å². The highest BCUT2D eigenvalue weighted by atomic mass is 19.1. The lowest BCUT2D eigenvalue weighted by molar-refractivity contribution is 0.102. The zero-order valence-corrected chi connectivity index (χ0v) is 14.9. The summed E-state index contributed by atoms with van der Waals surface area (Å²) < 4.78 is 18.2. The molecule has 138 valence electrons. The highest BCUT2D eigenvalue weighted by molar-refractivity contribution is 6.04. The van der Waals surface area contributed by atoms with Gasteiger partial charge in [-0.1, -0.05) is 24.3 Å². The Morgan fingerprint density at radius 2 is 1.89 bits per heavy atom. The Balaban J connectivity index is 1.60. The number of methoxy groups -OCH3 is 1. The normalized spacial score (nSPS) is 10.3. The van der Waals surface area contributed by atoms with Gasteiger partial charge < -0.3 is 15.4 Å². The Morgan fingerprint density at radius 1 is 1.11 bits per heavy atom. The van der Waals surface area contributed by atoms with E-state index in [-0.39, 0.29) is 11.7 Å². The van der Waals surface area contributed by atoms with E-state index in [1.165, 1.54) is 12.1 Å². The van der Waals surface area contributed by atoms with E-state index in [4.69, 9.17) is 4.74 Å². The topological polar surface area (TPSA) is 63.2 Å². The van der Waals surface area contributed by atoms with Gasteiger partial charge in [-0.25, -0.2) is 4.39 Å². The molecule has 27 heavy (non-hydrogen) atoms. The smallest absolute Gasteiger partial charge is 0.274 e. The van der Waals surface area contributed by atoms with Gasteiger partial charge in [0, 0.05) is 18.4 Å². The lowest BCUT2D eigenvalue weighted by Gasteiger charge is -2.11. The monoisotopic (exact) mass is 365 g/mol. The number of para-hydroxylation sites is 2. The van der Waals surface area contributed by atoms with Gasteiger partial charge in [-0.3, -0.25) is 9.78 Å². The maximum absolute atomic E-state index is 12.9. The molecule has 1 heterocycles. The van der Waals surface area contributed by atoms with E-state index in [1.54, 1.807) is 49.7 Å². The van der Waals surface area contributed by atoms with E-state index in [2.05, 4.69) is 15.6 Å². The number of benzene rings is 2. The molecule has 0 bridgehead atoms. The van der Waals surface area contributed by atoms with Crippen LogP contribution < -0.4 is 15.4 Å². The third-order valence-corrected chi connectivity index (χ3v) is 4.00. The number of carbonyl (C=O) groups is 1. The van der Waals surface area contributed by atoms with E-state index >= 15 is 0 Å². The Bertz CT molecular complexity index is 913. The number of nitrogens with one attached hydrogen (secondary N) is 2. The van der Waals surface area contributed by atoms with Crippen molar-refractivity contribution in [3.05, 3.63) is 83.9 Å². The third kappa shape index (κ3) is 5.04. The van der Waals surface area contributed by atoms with Crippen LogP contribution in [0.3, 0.4) is 0 Å². The molecule has 0 saturated heterocycles. The molecule has 0 aliphatic carbocycles. The Labute approximate surface area is 157 Å². The van der Waals surface area contributed by atoms with Crippen molar-refractivity contribution in [1.82, 2.24) is 4.98 Å². The molecule has 0 atom stereocenters. The Morgan fingerprint density at radius 3 is 2.67 bits per heavy atom. The van der Waals surface area contributed by atoms with Crippen LogP contribution in [0, 0.1) is 5.82 Å². The largest absolute Gasteiger partial charge is 0.495 e. The third-order valence-electron chi connectivity index (χ3n) is 4.00. The van der Waals surface area contributed by atoms with E-state index in [0.717, 1.165) is 17.7 Å². The van der Waals surface area contributed by atoms with Crippen molar-refractivity contribution in [2.24, 2.45) is 0 Å². The summed E-state index contributed by atoms with van der Waals surface area (Å²) in [6, 6.07) is 17.1. The fourth-order valence-corrected chi connectivity index (χ4v) is 2.60. The molecule has 0 radical (unpaired) electrons. The van der Waals surface area contributed by atoms with Crippen LogP contribution in [-0.2, 0) is 6.42 Å². The molecule has 0 fully saturated rings. The maximum atomic E-state index is 12.9. The molecular formula is C21H20FN3O2. The van der Waals surface area contributed by atoms with Crippen molar-refractivity contribution in [3.63, 3.8) is 0 Å². The van der Waals surface area contributed by atoms with E-state index in [1.807, 2.05) is 12.1 Å². The predicted octanol–water partition coefficient (Wildman–Crippen LogP) is 4.14. The van der Waals surface area contributed by atoms with Gasteiger partial charge >= 0.3 is 0 Å². The zero-order valence-electron chi connectivity index (χ0n) is 14.9. The molecule has 0 saturated carbocycles. The number of halogens is 1. The summed E-state index contributed by atoms with van der Waals surface area (Å²) in [5.74, 6) is 0.0210. The molecule has 6 heteroatoms. The number of hydrogen-bond acceptors (Lipinski definition) is 4. The minimum atomic E-state index is -0.318. The second-order valence-corrected chi connectivity index (χ2v) is 5.89. The van der Waals surface area contributed by atoms with E-state index in [0.29, 0.717) is 23.7 Å². The van der Waals surface area contributed by atoms with Gasteiger partial charge in [-0.05, 0) is 48.4 Å². The van der Waals surface area contributed by atoms with E-state index in [9.17, 15) is 9.18 Å². The lowest BCUT2D eigenvalue weighted by atomic mass is 10.1. The second-order valence-electron chi connectivity index (χ2n) is 5.89. The van der Waals surface area contributed by atoms with Crippen LogP contribution in [0.25, 0.3) is 0 Å². The number of amides is 1. The summed E-state index contributed by atoms with van der Waals surface area (Å²) >= 11 is 0. The first-order valence-electron chi connectivity index (χ1n) is 8.54. The van der Waals surface area contributed by atoms with Crippen LogP contribution in [-0.4, -0.2) is 24.5 Å². The van der Waals surface area contributed by atoms with Gasteiger partial charge in [-0.15, -0.1) is 0 Å². The molecular weight excluding hydrogens is 345 g/mol. The van der Waals surface area contributed by atoms with Gasteiger partial charge in [0.1, 0.15) is 17.3 Å². The molecule has 1 aromatic heterocycles. The highest BCUT2D eigenvalue weighted by Crippen LogP contribution is 2.23. The van der Waals surface area contributed by atoms with Gasteiger partial charge in [0.25, 0.3) is 5.91 Å². The van der Waals surface area contributed by atoms with Crippen molar-refractivity contribution >= 4 is 17.3 Å². The predicted molar refractivity (Wildman–Crippen MR) is 104 cm³/mol. The molecule has 3 rings (SSSR count). The van der Waals surface area contributed by atoms with Gasteiger partial charge in [0.2, 0.25) is 0 Å². The molecule has 2 N–H and O–H groups in total. The SMILES string of the molecule is COc1ccccc1NC(=O)c1cc(NCCc2ccc(F)cc2)ccn1. The number of hydrogen-bond donors (Lipinski definition) is 2. The van der Waals surface area contributed by atoms with Gasteiger partial charge in [0.15, 0.2) is 0 Å². The average molecular weight is 365 g/mol. The molecule has 1 amide bonds. The first kappa shape index (κ1) is 18.4. The molecule has 0 spiro atoms. The molecule has 5 nitrogen and oxygen atoms in total. The summed E-state index contributed by atoms with van der Waals surface area (Å²) in [7, 11) is 1.55. The summed E-state index contributed by atoms with van der Waals surface area (Å²) in [5, 5.41) is 6.05. The van der Waals surface area contributed by atoms with Gasteiger partial charge in [-0.2, -0.15) is 0 Å². The Hall–Kier alpha value is -3.41. The molecule has 3 aromatic rings. The summed E-state index contributed by atoms with van der Waals surface area (Å²) in [6.45, 7) is 0.656. The van der Waals surface area contributed by atoms with E-state index < -0.39 is 0 Å². The molecule has 0 unspecified atom stereocenters. The van der Waals surface area contributed by atoms with Crippen molar-refractivity contribution < 1.29 is 13.9 Å². The first-order valence-corrected chi connectivity index (χ1v) is 8.54. The first-order chi connectivity index (χ1) is 13.2. The number of nitrogens with zero attached hydrogens (tertiary/aromatic N) is 1. The van der Waals surface area contributed by atoms with Crippen LogP contribution in [0.4, 0.5) is 15.8 Å². The van der Waals surface area contributed by atoms with Crippen LogP contribution in [0.5, 0.6) is 5.75 Å². The van der Waals surface area contributed by atoms with Crippen LogP contribution in [0.15, 0.2) is 66.9 Å². The van der Waals surface area contributed by atoms with Crippen molar-refractivity contribution in [2.45, 2.75) is 6.42 Å². The summed E-state index contributed by atoms with van der Waals surface area (Å²) in [5.41, 5.74) is 2.71. The van der Waals surface area contributed by atoms with Crippen molar-refractivity contribution in [2.75, 3.05) is 24.3 Å². The fraction of sp³-hybridized carbons (Fsp3) is 0.143. The number of pyridine rings is 1. The standard InChI is InChI=1S/C21H20FN3O2/c1-27-20-5-3-2-4-18(20)25-21(26)19-14-17(11-13-24-19)23-12-10-15-6-8-16(22)9-7-15/h2-9,11,13-14H,10,12H2,1H3,(H,23,24)(H,25,26). The minimum absolute atomic E-state index is 0.244. The van der Waals surface area contributed by atoms with Crippen LogP contribution in [0.1, 0.15) is 16.1 Å². The maximum Gasteiger partial charge on any atom is 0.274 e. The molecule has 0 aliphatic rings. The average Bonchev–Trinajstić information content (AvgIpc) is 2.70. The number of anilines is 2. The fourth-order valence-electron chi connectivity index (χ4n) is 2.60. The van der Waals surface area contributed by atoms with Crippen LogP contribution >= 0.6 is 0 Å². The minimum Gasteiger partial charge on any atom is -0.495 e.